The number of hydrogen-bond donors (Lipinski definition) is 1. The topological polar surface area (TPSA) is 51.2 Å². The number of nitrogens with zero attached hydrogens (tertiary/aromatic N) is 1. The highest BCUT2D eigenvalue weighted by Crippen LogP contribution is 2.10. The number of nitrogens with one attached hydrogen (secondary N) is 1. The van der Waals surface area contributed by atoms with Crippen LogP contribution in [0.4, 0.5) is 0 Å². The largest absolute Gasteiger partial charge is 0.372 e. The Balaban J connectivity index is 2.37. The first-order valence-corrected chi connectivity index (χ1v) is 5.17. The fourth-order valence-corrected chi connectivity index (χ4v) is 1.65. The van der Waals surface area contributed by atoms with Crippen LogP contribution in [0.5, 0.6) is 0 Å². The third-order valence-electron chi connectivity index (χ3n) is 1.83. The Labute approximate surface area is 87.3 Å². The van der Waals surface area contributed by atoms with Crippen molar-refractivity contribution in [1.29, 1.82) is 0 Å². The zero-order chi connectivity index (χ0) is 10.6. The molecule has 0 aliphatic carbocycles. The number of amides is 1. The Hall–Kier alpha value is -0.940. The molecule has 0 aromatic carbocycles. The van der Waals surface area contributed by atoms with Gasteiger partial charge in [-0.1, -0.05) is 0 Å². The van der Waals surface area contributed by atoms with Gasteiger partial charge in [0, 0.05) is 18.2 Å². The lowest BCUT2D eigenvalue weighted by atomic mass is 10.4. The molecule has 14 heavy (non-hydrogen) atoms. The molecular formula is C9H14N2O2S. The second-order valence-corrected chi connectivity index (χ2v) is 4.26. The molecule has 1 aromatic heterocycles. The minimum absolute atomic E-state index is 0.0986. The second-order valence-electron chi connectivity index (χ2n) is 2.94. The van der Waals surface area contributed by atoms with E-state index in [9.17, 15) is 4.79 Å². The lowest BCUT2D eigenvalue weighted by Crippen LogP contribution is -2.33. The van der Waals surface area contributed by atoms with Crippen LogP contribution in [-0.4, -0.2) is 24.1 Å². The molecule has 0 spiro atoms. The van der Waals surface area contributed by atoms with E-state index in [0.717, 1.165) is 9.88 Å². The number of thiazole rings is 1. The lowest BCUT2D eigenvalue weighted by Gasteiger charge is -2.08. The molecule has 4 nitrogen and oxygen atoms in total. The number of aryl methyl sites for hydroxylation is 1. The van der Waals surface area contributed by atoms with Gasteiger partial charge in [0.25, 0.3) is 0 Å². The predicted molar refractivity (Wildman–Crippen MR) is 55.2 cm³/mol. The molecule has 0 aliphatic rings. The van der Waals surface area contributed by atoms with Crippen LogP contribution in [-0.2, 0) is 16.1 Å². The van der Waals surface area contributed by atoms with Crippen molar-refractivity contribution in [2.75, 3.05) is 7.11 Å². The molecule has 0 bridgehead atoms. The molecule has 1 heterocycles. The van der Waals surface area contributed by atoms with E-state index in [-0.39, 0.29) is 5.91 Å². The third kappa shape index (κ3) is 3.08. The molecule has 0 fully saturated rings. The molecule has 1 atom stereocenters. The Morgan fingerprint density at radius 2 is 2.50 bits per heavy atom. The van der Waals surface area contributed by atoms with Crippen LogP contribution < -0.4 is 5.32 Å². The van der Waals surface area contributed by atoms with Gasteiger partial charge in [-0.25, -0.2) is 4.98 Å². The molecule has 0 saturated heterocycles. The molecular weight excluding hydrogens is 200 g/mol. The Kier molecular flexibility index (Phi) is 4.03. The van der Waals surface area contributed by atoms with Crippen molar-refractivity contribution in [3.05, 3.63) is 16.1 Å². The molecule has 1 N–H and O–H groups in total. The first-order valence-electron chi connectivity index (χ1n) is 4.35. The summed E-state index contributed by atoms with van der Waals surface area (Å²) in [6.45, 7) is 4.18. The Morgan fingerprint density at radius 1 is 1.79 bits per heavy atom. The summed E-state index contributed by atoms with van der Waals surface area (Å²) in [5.74, 6) is -0.0986. The van der Waals surface area contributed by atoms with Gasteiger partial charge in [-0.3, -0.25) is 4.79 Å². The zero-order valence-electron chi connectivity index (χ0n) is 8.53. The predicted octanol–water partition coefficient (Wildman–Crippen LogP) is 1.10. The van der Waals surface area contributed by atoms with E-state index in [4.69, 9.17) is 4.74 Å². The van der Waals surface area contributed by atoms with Gasteiger partial charge in [0.1, 0.15) is 6.10 Å². The van der Waals surface area contributed by atoms with Crippen LogP contribution >= 0.6 is 11.3 Å². The van der Waals surface area contributed by atoms with Gasteiger partial charge in [-0.15, -0.1) is 11.3 Å². The van der Waals surface area contributed by atoms with E-state index in [1.807, 2.05) is 6.92 Å². The van der Waals surface area contributed by atoms with Crippen LogP contribution in [0, 0.1) is 6.92 Å². The number of methoxy groups -OCH3 is 1. The highest BCUT2D eigenvalue weighted by molar-refractivity contribution is 7.11. The van der Waals surface area contributed by atoms with Crippen molar-refractivity contribution in [2.24, 2.45) is 0 Å². The van der Waals surface area contributed by atoms with E-state index in [1.54, 1.807) is 24.5 Å². The second kappa shape index (κ2) is 5.07. The average Bonchev–Trinajstić information content (AvgIpc) is 2.59. The molecule has 1 amide bonds. The SMILES string of the molecule is COC(C)C(=O)NCc1cnc(C)s1. The molecule has 1 aromatic rings. The third-order valence-corrected chi connectivity index (χ3v) is 2.74. The lowest BCUT2D eigenvalue weighted by molar-refractivity contribution is -0.130. The zero-order valence-corrected chi connectivity index (χ0v) is 9.35. The normalized spacial score (nSPS) is 12.5. The van der Waals surface area contributed by atoms with Crippen molar-refractivity contribution < 1.29 is 9.53 Å². The van der Waals surface area contributed by atoms with E-state index in [1.165, 1.54) is 7.11 Å². The number of hydrogen-bond acceptors (Lipinski definition) is 4. The first-order chi connectivity index (χ1) is 6.63. The summed E-state index contributed by atoms with van der Waals surface area (Å²) in [6.07, 6.45) is 1.38. The molecule has 1 unspecified atom stereocenters. The number of carbonyl (C=O) groups is 1. The van der Waals surface area contributed by atoms with Gasteiger partial charge in [-0.05, 0) is 13.8 Å². The van der Waals surface area contributed by atoms with E-state index in [2.05, 4.69) is 10.3 Å². The van der Waals surface area contributed by atoms with Gasteiger partial charge >= 0.3 is 0 Å². The summed E-state index contributed by atoms with van der Waals surface area (Å²) in [5.41, 5.74) is 0. The smallest absolute Gasteiger partial charge is 0.249 e. The number of rotatable bonds is 4. The molecule has 0 radical (unpaired) electrons. The highest BCUT2D eigenvalue weighted by Gasteiger charge is 2.10. The van der Waals surface area contributed by atoms with Crippen molar-refractivity contribution in [3.63, 3.8) is 0 Å². The summed E-state index contributed by atoms with van der Waals surface area (Å²) in [4.78, 5) is 16.5. The number of carbonyl (C=O) groups excluding carboxylic acids is 1. The maximum atomic E-state index is 11.3. The van der Waals surface area contributed by atoms with Gasteiger partial charge in [0.2, 0.25) is 5.91 Å². The van der Waals surface area contributed by atoms with Crippen LogP contribution in [0.1, 0.15) is 16.8 Å². The first kappa shape index (κ1) is 11.1. The Morgan fingerprint density at radius 3 is 3.00 bits per heavy atom. The maximum absolute atomic E-state index is 11.3. The summed E-state index contributed by atoms with van der Waals surface area (Å²) in [6, 6.07) is 0. The average molecular weight is 214 g/mol. The fourth-order valence-electron chi connectivity index (χ4n) is 0.912. The quantitative estimate of drug-likeness (QED) is 0.816. The van der Waals surface area contributed by atoms with Gasteiger partial charge in [0.05, 0.1) is 11.6 Å². The summed E-state index contributed by atoms with van der Waals surface area (Å²) in [5, 5.41) is 3.78. The van der Waals surface area contributed by atoms with E-state index in [0.29, 0.717) is 6.54 Å². The molecule has 0 aliphatic heterocycles. The highest BCUT2D eigenvalue weighted by atomic mass is 32.1. The number of ether oxygens (including phenoxy) is 1. The van der Waals surface area contributed by atoms with Crippen molar-refractivity contribution in [2.45, 2.75) is 26.5 Å². The molecule has 78 valence electrons. The standard InChI is InChI=1S/C9H14N2O2S/c1-6(13-3)9(12)11-5-8-4-10-7(2)14-8/h4,6H,5H2,1-3H3,(H,11,12). The van der Waals surface area contributed by atoms with Crippen LogP contribution in [0.2, 0.25) is 0 Å². The Bertz CT molecular complexity index is 312. The summed E-state index contributed by atoms with van der Waals surface area (Å²) >= 11 is 1.58. The minimum atomic E-state index is -0.399. The van der Waals surface area contributed by atoms with Crippen molar-refractivity contribution in [1.82, 2.24) is 10.3 Å². The van der Waals surface area contributed by atoms with Crippen LogP contribution in [0.15, 0.2) is 6.20 Å². The van der Waals surface area contributed by atoms with E-state index >= 15 is 0 Å². The van der Waals surface area contributed by atoms with Crippen LogP contribution in [0.25, 0.3) is 0 Å². The molecule has 5 heteroatoms. The van der Waals surface area contributed by atoms with Gasteiger partial charge in [0.15, 0.2) is 0 Å². The minimum Gasteiger partial charge on any atom is -0.372 e. The van der Waals surface area contributed by atoms with E-state index < -0.39 is 6.10 Å². The molecule has 0 saturated carbocycles. The summed E-state index contributed by atoms with van der Waals surface area (Å²) in [7, 11) is 1.51. The monoisotopic (exact) mass is 214 g/mol. The number of aromatic nitrogens is 1. The van der Waals surface area contributed by atoms with Gasteiger partial charge < -0.3 is 10.1 Å². The van der Waals surface area contributed by atoms with Crippen molar-refractivity contribution in [3.8, 4) is 0 Å². The summed E-state index contributed by atoms with van der Waals surface area (Å²) < 4.78 is 4.88. The van der Waals surface area contributed by atoms with Gasteiger partial charge in [-0.2, -0.15) is 0 Å². The van der Waals surface area contributed by atoms with Crippen LogP contribution in [0.3, 0.4) is 0 Å². The van der Waals surface area contributed by atoms with Crippen molar-refractivity contribution >= 4 is 17.2 Å². The molecule has 1 rings (SSSR count). The maximum Gasteiger partial charge on any atom is 0.249 e. The fraction of sp³-hybridized carbons (Fsp3) is 0.556.